The van der Waals surface area contributed by atoms with Gasteiger partial charge in [-0.05, 0) is 43.9 Å². The van der Waals surface area contributed by atoms with Crippen LogP contribution in [0.25, 0.3) is 0 Å². The van der Waals surface area contributed by atoms with Crippen molar-refractivity contribution in [2.75, 3.05) is 18.9 Å². The molecule has 0 radical (unpaired) electrons. The van der Waals surface area contributed by atoms with E-state index < -0.39 is 0 Å². The van der Waals surface area contributed by atoms with Crippen molar-refractivity contribution in [1.29, 1.82) is 0 Å². The van der Waals surface area contributed by atoms with Gasteiger partial charge in [-0.25, -0.2) is 0 Å². The Morgan fingerprint density at radius 1 is 1.42 bits per heavy atom. The minimum absolute atomic E-state index is 0.352. The van der Waals surface area contributed by atoms with E-state index in [-0.39, 0.29) is 0 Å². The Kier molecular flexibility index (Phi) is 5.04. The van der Waals surface area contributed by atoms with Crippen molar-refractivity contribution in [3.05, 3.63) is 0 Å². The third-order valence-corrected chi connectivity index (χ3v) is 3.87. The monoisotopic (exact) mass is 189 g/mol. The molecule has 2 nitrogen and oxygen atoms in total. The van der Waals surface area contributed by atoms with E-state index in [4.69, 9.17) is 10.8 Å². The van der Waals surface area contributed by atoms with E-state index in [2.05, 4.69) is 11.8 Å². The van der Waals surface area contributed by atoms with Crippen LogP contribution in [0, 0.1) is 5.92 Å². The molecule has 3 N–H and O–H groups in total. The molecule has 1 heterocycles. The van der Waals surface area contributed by atoms with Crippen molar-refractivity contribution >= 4 is 11.8 Å². The largest absolute Gasteiger partial charge is 0.396 e. The molecule has 3 heteroatoms. The number of aliphatic hydroxyl groups is 1. The lowest BCUT2D eigenvalue weighted by molar-refractivity contribution is 0.246. The Hall–Kier alpha value is 0.270. The summed E-state index contributed by atoms with van der Waals surface area (Å²) in [6, 6.07) is 0. The molecule has 1 aliphatic heterocycles. The summed E-state index contributed by atoms with van der Waals surface area (Å²) >= 11 is 2.06. The van der Waals surface area contributed by atoms with E-state index in [1.165, 1.54) is 18.6 Å². The summed E-state index contributed by atoms with van der Waals surface area (Å²) < 4.78 is 0. The molecule has 2 atom stereocenters. The zero-order chi connectivity index (χ0) is 8.81. The molecule has 12 heavy (non-hydrogen) atoms. The van der Waals surface area contributed by atoms with E-state index in [1.54, 1.807) is 0 Å². The summed E-state index contributed by atoms with van der Waals surface area (Å²) in [6.07, 6.45) is 4.68. The second kappa shape index (κ2) is 5.84. The first-order valence-corrected chi connectivity index (χ1v) is 5.84. The fourth-order valence-electron chi connectivity index (χ4n) is 1.79. The van der Waals surface area contributed by atoms with Crippen molar-refractivity contribution in [3.8, 4) is 0 Å². The number of nitrogens with two attached hydrogens (primary N) is 1. The lowest BCUT2D eigenvalue weighted by Gasteiger charge is -2.27. The number of aliphatic hydroxyl groups excluding tert-OH is 1. The van der Waals surface area contributed by atoms with Gasteiger partial charge >= 0.3 is 0 Å². The van der Waals surface area contributed by atoms with Crippen molar-refractivity contribution in [2.45, 2.75) is 30.9 Å². The highest BCUT2D eigenvalue weighted by molar-refractivity contribution is 7.99. The van der Waals surface area contributed by atoms with Gasteiger partial charge in [-0.2, -0.15) is 11.8 Å². The molecule has 1 fully saturated rings. The summed E-state index contributed by atoms with van der Waals surface area (Å²) in [5, 5.41) is 9.57. The standard InChI is InChI=1S/C9H19NOS/c10-4-1-9-7-8(2-5-11)3-6-12-9/h8-9,11H,1-7,10H2. The van der Waals surface area contributed by atoms with Crippen LogP contribution in [0.1, 0.15) is 25.7 Å². The second-order valence-corrected chi connectivity index (χ2v) is 4.88. The fourth-order valence-corrected chi connectivity index (χ4v) is 3.30. The van der Waals surface area contributed by atoms with Gasteiger partial charge in [0.2, 0.25) is 0 Å². The van der Waals surface area contributed by atoms with Gasteiger partial charge in [-0.1, -0.05) is 0 Å². The molecule has 1 rings (SSSR count). The maximum absolute atomic E-state index is 8.80. The van der Waals surface area contributed by atoms with Crippen LogP contribution in [0.4, 0.5) is 0 Å². The quantitative estimate of drug-likeness (QED) is 0.699. The Morgan fingerprint density at radius 3 is 2.92 bits per heavy atom. The van der Waals surface area contributed by atoms with Crippen LogP contribution in [0.15, 0.2) is 0 Å². The molecule has 1 aliphatic rings. The van der Waals surface area contributed by atoms with E-state index in [0.29, 0.717) is 6.61 Å². The first-order chi connectivity index (χ1) is 5.86. The van der Waals surface area contributed by atoms with Crippen molar-refractivity contribution in [3.63, 3.8) is 0 Å². The van der Waals surface area contributed by atoms with E-state index in [9.17, 15) is 0 Å². The molecule has 72 valence electrons. The summed E-state index contributed by atoms with van der Waals surface area (Å²) in [4.78, 5) is 0. The second-order valence-electron chi connectivity index (χ2n) is 3.47. The molecule has 0 aromatic rings. The molecule has 0 amide bonds. The number of hydrogen-bond acceptors (Lipinski definition) is 3. The van der Waals surface area contributed by atoms with Crippen LogP contribution in [0.2, 0.25) is 0 Å². The van der Waals surface area contributed by atoms with Crippen LogP contribution in [-0.2, 0) is 0 Å². The normalized spacial score (nSPS) is 30.5. The highest BCUT2D eigenvalue weighted by Crippen LogP contribution is 2.32. The molecule has 1 saturated heterocycles. The maximum atomic E-state index is 8.80. The van der Waals surface area contributed by atoms with Crippen LogP contribution < -0.4 is 5.73 Å². The summed E-state index contributed by atoms with van der Waals surface area (Å²) in [6.45, 7) is 1.16. The first kappa shape index (κ1) is 10.4. The fraction of sp³-hybridized carbons (Fsp3) is 1.00. The van der Waals surface area contributed by atoms with Gasteiger partial charge in [0.05, 0.1) is 0 Å². The van der Waals surface area contributed by atoms with Crippen LogP contribution in [0.5, 0.6) is 0 Å². The van der Waals surface area contributed by atoms with Gasteiger partial charge in [0.15, 0.2) is 0 Å². The lowest BCUT2D eigenvalue weighted by Crippen LogP contribution is -2.21. The van der Waals surface area contributed by atoms with Crippen LogP contribution >= 0.6 is 11.8 Å². The molecule has 0 spiro atoms. The number of rotatable bonds is 4. The van der Waals surface area contributed by atoms with Gasteiger partial charge in [0.25, 0.3) is 0 Å². The van der Waals surface area contributed by atoms with Crippen LogP contribution in [0.3, 0.4) is 0 Å². The molecule has 2 unspecified atom stereocenters. The molecular formula is C9H19NOS. The molecule has 0 bridgehead atoms. The summed E-state index contributed by atoms with van der Waals surface area (Å²) in [7, 11) is 0. The topological polar surface area (TPSA) is 46.2 Å². The number of hydrogen-bond donors (Lipinski definition) is 2. The Bertz CT molecular complexity index is 105. The highest BCUT2D eigenvalue weighted by Gasteiger charge is 2.20. The minimum Gasteiger partial charge on any atom is -0.396 e. The molecule has 0 aromatic carbocycles. The van der Waals surface area contributed by atoms with Gasteiger partial charge in [0.1, 0.15) is 0 Å². The first-order valence-electron chi connectivity index (χ1n) is 4.79. The van der Waals surface area contributed by atoms with E-state index >= 15 is 0 Å². The summed E-state index contributed by atoms with van der Waals surface area (Å²) in [5.41, 5.74) is 5.52. The average Bonchev–Trinajstić information content (AvgIpc) is 2.06. The SMILES string of the molecule is NCCC1CC(CCO)CCS1. The highest BCUT2D eigenvalue weighted by atomic mass is 32.2. The van der Waals surface area contributed by atoms with Gasteiger partial charge < -0.3 is 10.8 Å². The van der Waals surface area contributed by atoms with Crippen molar-refractivity contribution < 1.29 is 5.11 Å². The molecule has 0 aliphatic carbocycles. The maximum Gasteiger partial charge on any atom is 0.0433 e. The van der Waals surface area contributed by atoms with Crippen LogP contribution in [-0.4, -0.2) is 29.3 Å². The Morgan fingerprint density at radius 2 is 2.25 bits per heavy atom. The minimum atomic E-state index is 0.352. The van der Waals surface area contributed by atoms with E-state index in [1.807, 2.05) is 0 Å². The zero-order valence-electron chi connectivity index (χ0n) is 7.54. The molecule has 0 saturated carbocycles. The molecule has 0 aromatic heterocycles. The van der Waals surface area contributed by atoms with E-state index in [0.717, 1.165) is 30.6 Å². The van der Waals surface area contributed by atoms with Gasteiger partial charge in [-0.3, -0.25) is 0 Å². The Balaban J connectivity index is 2.20. The average molecular weight is 189 g/mol. The predicted molar refractivity (Wildman–Crippen MR) is 54.3 cm³/mol. The molecular weight excluding hydrogens is 170 g/mol. The van der Waals surface area contributed by atoms with Gasteiger partial charge in [0, 0.05) is 11.9 Å². The van der Waals surface area contributed by atoms with Crippen molar-refractivity contribution in [2.24, 2.45) is 11.7 Å². The van der Waals surface area contributed by atoms with Crippen molar-refractivity contribution in [1.82, 2.24) is 0 Å². The zero-order valence-corrected chi connectivity index (χ0v) is 8.35. The predicted octanol–water partition coefficient (Wildman–Crippen LogP) is 1.23. The van der Waals surface area contributed by atoms with Gasteiger partial charge in [-0.15, -0.1) is 0 Å². The third kappa shape index (κ3) is 3.33. The lowest BCUT2D eigenvalue weighted by atomic mass is 9.95. The number of thioether (sulfide) groups is 1. The Labute approximate surface area is 78.9 Å². The summed E-state index contributed by atoms with van der Waals surface area (Å²) in [5.74, 6) is 2.02. The third-order valence-electron chi connectivity index (χ3n) is 2.50. The smallest absolute Gasteiger partial charge is 0.0433 e.